The number of fused-ring (bicyclic) bond motifs is 1. The second-order valence-corrected chi connectivity index (χ2v) is 3.79. The Hall–Kier alpha value is -2.56. The Bertz CT molecular complexity index is 741. The molecule has 0 aliphatic heterocycles. The van der Waals surface area contributed by atoms with Crippen LogP contribution in [0.2, 0.25) is 0 Å². The van der Waals surface area contributed by atoms with Gasteiger partial charge in [-0.2, -0.15) is 0 Å². The lowest BCUT2D eigenvalue weighted by molar-refractivity contribution is 1.19. The topological polar surface area (TPSA) is 87.6 Å². The molecule has 0 saturated carbocycles. The van der Waals surface area contributed by atoms with Gasteiger partial charge in [-0.05, 0) is 24.3 Å². The fourth-order valence-corrected chi connectivity index (χ4v) is 1.74. The third kappa shape index (κ3) is 1.67. The van der Waals surface area contributed by atoms with Crippen LogP contribution in [0, 0.1) is 0 Å². The Morgan fingerprint density at radius 1 is 1.12 bits per heavy atom. The Labute approximate surface area is 96.3 Å². The van der Waals surface area contributed by atoms with E-state index in [1.165, 1.54) is 6.07 Å². The van der Waals surface area contributed by atoms with Crippen molar-refractivity contribution in [2.75, 3.05) is 5.73 Å². The zero-order chi connectivity index (χ0) is 11.8. The summed E-state index contributed by atoms with van der Waals surface area (Å²) in [5.74, 6) is 0.628. The van der Waals surface area contributed by atoms with Gasteiger partial charge in [0.25, 0.3) is 0 Å². The van der Waals surface area contributed by atoms with Crippen LogP contribution in [-0.4, -0.2) is 15.0 Å². The first-order valence-corrected chi connectivity index (χ1v) is 5.17. The molecule has 5 nitrogen and oxygen atoms in total. The summed E-state index contributed by atoms with van der Waals surface area (Å²) in [4.78, 5) is 21.4. The standard InChI is InChI=1S/C12H10N4O/c13-7-4-5-8-10(6-7)16-12(15-8)9-2-1-3-11(17)14-9/h1-6H,13H2,(H,14,17)(H,15,16). The van der Waals surface area contributed by atoms with Gasteiger partial charge in [-0.15, -0.1) is 0 Å². The number of hydrogen-bond acceptors (Lipinski definition) is 3. The molecule has 3 rings (SSSR count). The molecule has 2 heterocycles. The molecule has 2 aromatic heterocycles. The number of aromatic nitrogens is 3. The van der Waals surface area contributed by atoms with E-state index in [-0.39, 0.29) is 5.56 Å². The summed E-state index contributed by atoms with van der Waals surface area (Å²) in [6.07, 6.45) is 0. The fourth-order valence-electron chi connectivity index (χ4n) is 1.74. The summed E-state index contributed by atoms with van der Waals surface area (Å²) in [7, 11) is 0. The van der Waals surface area contributed by atoms with Gasteiger partial charge in [0.2, 0.25) is 5.56 Å². The van der Waals surface area contributed by atoms with Gasteiger partial charge in [-0.3, -0.25) is 4.79 Å². The molecule has 1 aromatic carbocycles. The van der Waals surface area contributed by atoms with E-state index in [0.717, 1.165) is 11.0 Å². The third-order valence-electron chi connectivity index (χ3n) is 2.53. The van der Waals surface area contributed by atoms with Crippen LogP contribution in [0.25, 0.3) is 22.6 Å². The number of hydrogen-bond donors (Lipinski definition) is 3. The molecular formula is C12H10N4O. The van der Waals surface area contributed by atoms with E-state index in [9.17, 15) is 4.79 Å². The van der Waals surface area contributed by atoms with Gasteiger partial charge < -0.3 is 15.7 Å². The van der Waals surface area contributed by atoms with Crippen molar-refractivity contribution in [1.29, 1.82) is 0 Å². The molecule has 0 unspecified atom stereocenters. The number of nitrogens with two attached hydrogens (primary N) is 1. The summed E-state index contributed by atoms with van der Waals surface area (Å²) in [5, 5.41) is 0. The van der Waals surface area contributed by atoms with E-state index in [4.69, 9.17) is 5.73 Å². The van der Waals surface area contributed by atoms with Crippen LogP contribution in [0.3, 0.4) is 0 Å². The van der Waals surface area contributed by atoms with Gasteiger partial charge in [-0.1, -0.05) is 6.07 Å². The van der Waals surface area contributed by atoms with Gasteiger partial charge in [0, 0.05) is 11.8 Å². The highest BCUT2D eigenvalue weighted by atomic mass is 16.1. The number of aromatic amines is 2. The van der Waals surface area contributed by atoms with E-state index in [2.05, 4.69) is 15.0 Å². The highest BCUT2D eigenvalue weighted by molar-refractivity contribution is 5.81. The first-order chi connectivity index (χ1) is 8.22. The van der Waals surface area contributed by atoms with Crippen molar-refractivity contribution in [2.45, 2.75) is 0 Å². The van der Waals surface area contributed by atoms with Gasteiger partial charge >= 0.3 is 0 Å². The number of imidazole rings is 1. The molecule has 0 fully saturated rings. The highest BCUT2D eigenvalue weighted by Gasteiger charge is 2.05. The fraction of sp³-hybridized carbons (Fsp3) is 0. The second kappa shape index (κ2) is 3.48. The zero-order valence-electron chi connectivity index (χ0n) is 8.90. The lowest BCUT2D eigenvalue weighted by atomic mass is 10.3. The number of nitrogens with zero attached hydrogens (tertiary/aromatic N) is 1. The number of anilines is 1. The smallest absolute Gasteiger partial charge is 0.248 e. The lowest BCUT2D eigenvalue weighted by Crippen LogP contribution is -2.03. The van der Waals surface area contributed by atoms with Gasteiger partial charge in [0.15, 0.2) is 5.82 Å². The SMILES string of the molecule is Nc1ccc2nc(-c3cccc(=O)[nH]3)[nH]c2c1. The molecule has 0 saturated heterocycles. The number of H-pyrrole nitrogens is 2. The van der Waals surface area contributed by atoms with Crippen LogP contribution in [0.5, 0.6) is 0 Å². The maximum atomic E-state index is 11.2. The van der Waals surface area contributed by atoms with Crippen molar-refractivity contribution < 1.29 is 0 Å². The van der Waals surface area contributed by atoms with E-state index in [0.29, 0.717) is 17.2 Å². The van der Waals surface area contributed by atoms with E-state index in [1.54, 1.807) is 18.2 Å². The maximum Gasteiger partial charge on any atom is 0.248 e. The summed E-state index contributed by atoms with van der Waals surface area (Å²) in [5.41, 5.74) is 8.54. The van der Waals surface area contributed by atoms with Crippen LogP contribution in [0.15, 0.2) is 41.2 Å². The number of benzene rings is 1. The minimum atomic E-state index is -0.150. The molecule has 0 radical (unpaired) electrons. The predicted molar refractivity (Wildman–Crippen MR) is 66.6 cm³/mol. The molecule has 3 aromatic rings. The molecule has 4 N–H and O–H groups in total. The molecule has 0 aliphatic carbocycles. The Kier molecular flexibility index (Phi) is 1.98. The van der Waals surface area contributed by atoms with E-state index in [1.807, 2.05) is 12.1 Å². The molecule has 0 spiro atoms. The van der Waals surface area contributed by atoms with Crippen LogP contribution in [-0.2, 0) is 0 Å². The first kappa shape index (κ1) is 9.65. The van der Waals surface area contributed by atoms with Crippen molar-refractivity contribution in [1.82, 2.24) is 15.0 Å². The molecular weight excluding hydrogens is 216 g/mol. The third-order valence-corrected chi connectivity index (χ3v) is 2.53. The molecule has 17 heavy (non-hydrogen) atoms. The molecule has 0 amide bonds. The normalized spacial score (nSPS) is 10.8. The summed E-state index contributed by atoms with van der Waals surface area (Å²) in [6.45, 7) is 0. The zero-order valence-corrected chi connectivity index (χ0v) is 8.90. The lowest BCUT2D eigenvalue weighted by Gasteiger charge is -1.94. The van der Waals surface area contributed by atoms with Crippen LogP contribution >= 0.6 is 0 Å². The van der Waals surface area contributed by atoms with Crippen molar-refractivity contribution >= 4 is 16.7 Å². The summed E-state index contributed by atoms with van der Waals surface area (Å²) in [6, 6.07) is 10.4. The van der Waals surface area contributed by atoms with Crippen molar-refractivity contribution in [2.24, 2.45) is 0 Å². The Morgan fingerprint density at radius 3 is 2.82 bits per heavy atom. The van der Waals surface area contributed by atoms with Crippen molar-refractivity contribution in [3.63, 3.8) is 0 Å². The largest absolute Gasteiger partial charge is 0.399 e. The first-order valence-electron chi connectivity index (χ1n) is 5.17. The molecule has 0 atom stereocenters. The number of pyridine rings is 1. The maximum absolute atomic E-state index is 11.2. The number of rotatable bonds is 1. The molecule has 5 heteroatoms. The van der Waals surface area contributed by atoms with Crippen LogP contribution in [0.1, 0.15) is 0 Å². The van der Waals surface area contributed by atoms with Gasteiger partial charge in [0.05, 0.1) is 16.7 Å². The highest BCUT2D eigenvalue weighted by Crippen LogP contribution is 2.19. The minimum absolute atomic E-state index is 0.150. The Morgan fingerprint density at radius 2 is 2.00 bits per heavy atom. The summed E-state index contributed by atoms with van der Waals surface area (Å²) < 4.78 is 0. The van der Waals surface area contributed by atoms with Crippen molar-refractivity contribution in [3.05, 3.63) is 46.8 Å². The van der Waals surface area contributed by atoms with E-state index >= 15 is 0 Å². The molecule has 0 bridgehead atoms. The van der Waals surface area contributed by atoms with Crippen molar-refractivity contribution in [3.8, 4) is 11.5 Å². The average Bonchev–Trinajstić information content (AvgIpc) is 2.72. The van der Waals surface area contributed by atoms with Gasteiger partial charge in [-0.25, -0.2) is 4.98 Å². The molecule has 84 valence electrons. The van der Waals surface area contributed by atoms with Gasteiger partial charge in [0.1, 0.15) is 0 Å². The second-order valence-electron chi connectivity index (χ2n) is 3.79. The summed E-state index contributed by atoms with van der Waals surface area (Å²) >= 11 is 0. The number of nitrogens with one attached hydrogen (secondary N) is 2. The monoisotopic (exact) mass is 226 g/mol. The van der Waals surface area contributed by atoms with Crippen LogP contribution < -0.4 is 11.3 Å². The predicted octanol–water partition coefficient (Wildman–Crippen LogP) is 1.50. The van der Waals surface area contributed by atoms with Crippen LogP contribution in [0.4, 0.5) is 5.69 Å². The van der Waals surface area contributed by atoms with E-state index < -0.39 is 0 Å². The molecule has 0 aliphatic rings. The average molecular weight is 226 g/mol. The number of nitrogen functional groups attached to an aromatic ring is 1. The Balaban J connectivity index is 2.21. The minimum Gasteiger partial charge on any atom is -0.399 e. The quantitative estimate of drug-likeness (QED) is 0.549.